The van der Waals surface area contributed by atoms with E-state index in [1.165, 1.54) is 0 Å². The minimum absolute atomic E-state index is 0.540. The van der Waals surface area contributed by atoms with E-state index < -0.39 is 0 Å². The van der Waals surface area contributed by atoms with Crippen molar-refractivity contribution < 1.29 is 9.47 Å². The standard InChI is InChI=1S/C11H18O2/c1-4-7-8-11(12-9-5-2)13-10-6-3/h8H,5-6,9-10H2,1-3H3. The van der Waals surface area contributed by atoms with Crippen molar-refractivity contribution in [2.24, 2.45) is 0 Å². The van der Waals surface area contributed by atoms with Gasteiger partial charge in [-0.05, 0) is 19.8 Å². The quantitative estimate of drug-likeness (QED) is 0.464. The first-order valence-corrected chi connectivity index (χ1v) is 4.73. The van der Waals surface area contributed by atoms with E-state index >= 15 is 0 Å². The van der Waals surface area contributed by atoms with E-state index in [4.69, 9.17) is 9.47 Å². The third-order valence-corrected chi connectivity index (χ3v) is 1.23. The highest BCUT2D eigenvalue weighted by Gasteiger charge is 1.95. The number of rotatable bonds is 6. The zero-order valence-corrected chi connectivity index (χ0v) is 8.72. The molecule has 13 heavy (non-hydrogen) atoms. The van der Waals surface area contributed by atoms with E-state index in [9.17, 15) is 0 Å². The highest BCUT2D eigenvalue weighted by atomic mass is 16.7. The molecule has 0 aliphatic carbocycles. The van der Waals surface area contributed by atoms with Crippen molar-refractivity contribution in [3.63, 3.8) is 0 Å². The van der Waals surface area contributed by atoms with Gasteiger partial charge in [-0.2, -0.15) is 0 Å². The lowest BCUT2D eigenvalue weighted by Crippen LogP contribution is -1.99. The van der Waals surface area contributed by atoms with Gasteiger partial charge in [-0.25, -0.2) is 0 Å². The topological polar surface area (TPSA) is 18.5 Å². The molecule has 0 aliphatic rings. The summed E-state index contributed by atoms with van der Waals surface area (Å²) in [6.07, 6.45) is 3.63. The molecule has 0 saturated carbocycles. The van der Waals surface area contributed by atoms with Crippen LogP contribution < -0.4 is 0 Å². The summed E-state index contributed by atoms with van der Waals surface area (Å²) in [4.78, 5) is 0. The van der Waals surface area contributed by atoms with Crippen molar-refractivity contribution in [3.05, 3.63) is 12.0 Å². The number of hydrogen-bond donors (Lipinski definition) is 0. The highest BCUT2D eigenvalue weighted by Crippen LogP contribution is 2.01. The summed E-state index contributed by atoms with van der Waals surface area (Å²) in [5.41, 5.74) is 0. The Labute approximate surface area is 80.9 Å². The first-order valence-electron chi connectivity index (χ1n) is 4.73. The Morgan fingerprint density at radius 1 is 1.15 bits per heavy atom. The van der Waals surface area contributed by atoms with Crippen LogP contribution in [0.5, 0.6) is 0 Å². The normalized spacial score (nSPS) is 8.23. The van der Waals surface area contributed by atoms with Crippen molar-refractivity contribution in [1.29, 1.82) is 0 Å². The van der Waals surface area contributed by atoms with Gasteiger partial charge in [0.1, 0.15) is 0 Å². The molecule has 0 N–H and O–H groups in total. The fourth-order valence-electron chi connectivity index (χ4n) is 0.661. The molecule has 2 heteroatoms. The van der Waals surface area contributed by atoms with Gasteiger partial charge in [0.15, 0.2) is 0 Å². The SMILES string of the molecule is CC#CC=C(OCCC)OCCC. The summed E-state index contributed by atoms with van der Waals surface area (Å²) in [6.45, 7) is 7.27. The van der Waals surface area contributed by atoms with Crippen LogP contribution >= 0.6 is 0 Å². The number of ether oxygens (including phenoxy) is 2. The van der Waals surface area contributed by atoms with Gasteiger partial charge in [-0.15, -0.1) is 5.92 Å². The van der Waals surface area contributed by atoms with E-state index in [1.807, 2.05) is 0 Å². The fraction of sp³-hybridized carbons (Fsp3) is 0.636. The summed E-state index contributed by atoms with van der Waals surface area (Å²) >= 11 is 0. The van der Waals surface area contributed by atoms with E-state index in [0.717, 1.165) is 12.8 Å². The molecule has 0 unspecified atom stereocenters. The first-order chi connectivity index (χ1) is 6.35. The molecule has 0 aliphatic heterocycles. The lowest BCUT2D eigenvalue weighted by molar-refractivity contribution is 0.0361. The Morgan fingerprint density at radius 3 is 2.08 bits per heavy atom. The zero-order chi connectivity index (χ0) is 9.94. The molecule has 0 spiro atoms. The Kier molecular flexibility index (Phi) is 8.23. The van der Waals surface area contributed by atoms with Crippen LogP contribution in [0.25, 0.3) is 0 Å². The van der Waals surface area contributed by atoms with Gasteiger partial charge in [0, 0.05) is 0 Å². The van der Waals surface area contributed by atoms with Gasteiger partial charge < -0.3 is 9.47 Å². The van der Waals surface area contributed by atoms with Gasteiger partial charge in [0.05, 0.1) is 19.3 Å². The van der Waals surface area contributed by atoms with Crippen LogP contribution in [0.15, 0.2) is 12.0 Å². The van der Waals surface area contributed by atoms with Gasteiger partial charge >= 0.3 is 0 Å². The Bertz CT molecular complexity index is 186. The van der Waals surface area contributed by atoms with Crippen LogP contribution in [0.2, 0.25) is 0 Å². The second kappa shape index (κ2) is 8.99. The predicted molar refractivity (Wildman–Crippen MR) is 54.0 cm³/mol. The van der Waals surface area contributed by atoms with Crippen molar-refractivity contribution in [1.82, 2.24) is 0 Å². The fourth-order valence-corrected chi connectivity index (χ4v) is 0.661. The van der Waals surface area contributed by atoms with Crippen molar-refractivity contribution in [2.45, 2.75) is 33.6 Å². The van der Waals surface area contributed by atoms with Crippen molar-refractivity contribution in [2.75, 3.05) is 13.2 Å². The Balaban J connectivity index is 3.91. The highest BCUT2D eigenvalue weighted by molar-refractivity contribution is 5.14. The second-order valence-electron chi connectivity index (χ2n) is 2.55. The summed E-state index contributed by atoms with van der Waals surface area (Å²) in [5.74, 6) is 6.11. The largest absolute Gasteiger partial charge is 0.465 e. The lowest BCUT2D eigenvalue weighted by Gasteiger charge is -2.08. The molecule has 0 aromatic rings. The number of hydrogen-bond acceptors (Lipinski definition) is 2. The number of allylic oxidation sites excluding steroid dienone is 1. The van der Waals surface area contributed by atoms with Gasteiger partial charge in [-0.1, -0.05) is 19.8 Å². The molecule has 0 aromatic carbocycles. The summed E-state index contributed by atoms with van der Waals surface area (Å²) in [5, 5.41) is 0. The molecule has 0 bridgehead atoms. The minimum atomic E-state index is 0.540. The minimum Gasteiger partial charge on any atom is -0.465 e. The first kappa shape index (κ1) is 11.9. The molecule has 0 amide bonds. The third-order valence-electron chi connectivity index (χ3n) is 1.23. The van der Waals surface area contributed by atoms with Crippen LogP contribution in [0, 0.1) is 11.8 Å². The second-order valence-corrected chi connectivity index (χ2v) is 2.55. The molecule has 0 saturated heterocycles. The maximum absolute atomic E-state index is 5.33. The average molecular weight is 182 g/mol. The third kappa shape index (κ3) is 7.27. The molecule has 0 fully saturated rings. The molecule has 0 radical (unpaired) electrons. The maximum Gasteiger partial charge on any atom is 0.287 e. The molecule has 0 rings (SSSR count). The maximum atomic E-state index is 5.33. The molecular formula is C11H18O2. The molecule has 0 heterocycles. The van der Waals surface area contributed by atoms with Crippen molar-refractivity contribution in [3.8, 4) is 11.8 Å². The van der Waals surface area contributed by atoms with Crippen LogP contribution in [0.4, 0.5) is 0 Å². The molecular weight excluding hydrogens is 164 g/mol. The summed E-state index contributed by atoms with van der Waals surface area (Å²) in [7, 11) is 0. The van der Waals surface area contributed by atoms with E-state index in [1.54, 1.807) is 13.0 Å². The van der Waals surface area contributed by atoms with E-state index in [-0.39, 0.29) is 0 Å². The van der Waals surface area contributed by atoms with Crippen LogP contribution in [0.3, 0.4) is 0 Å². The summed E-state index contributed by atoms with van der Waals surface area (Å²) in [6, 6.07) is 0. The monoisotopic (exact) mass is 182 g/mol. The average Bonchev–Trinajstić information content (AvgIpc) is 2.17. The lowest BCUT2D eigenvalue weighted by atomic mass is 10.5. The van der Waals surface area contributed by atoms with Gasteiger partial charge in [0.25, 0.3) is 5.95 Å². The predicted octanol–water partition coefficient (Wildman–Crippen LogP) is 2.70. The molecule has 0 aromatic heterocycles. The van der Waals surface area contributed by atoms with Crippen LogP contribution in [-0.4, -0.2) is 13.2 Å². The summed E-state index contributed by atoms with van der Waals surface area (Å²) < 4.78 is 10.7. The smallest absolute Gasteiger partial charge is 0.287 e. The van der Waals surface area contributed by atoms with Gasteiger partial charge in [-0.3, -0.25) is 0 Å². The molecule has 74 valence electrons. The van der Waals surface area contributed by atoms with Crippen LogP contribution in [-0.2, 0) is 9.47 Å². The van der Waals surface area contributed by atoms with Gasteiger partial charge in [0.2, 0.25) is 0 Å². The Morgan fingerprint density at radius 2 is 1.69 bits per heavy atom. The molecule has 0 atom stereocenters. The van der Waals surface area contributed by atoms with Crippen LogP contribution in [0.1, 0.15) is 33.6 Å². The molecule has 2 nitrogen and oxygen atoms in total. The zero-order valence-electron chi connectivity index (χ0n) is 8.72. The van der Waals surface area contributed by atoms with E-state index in [0.29, 0.717) is 19.2 Å². The van der Waals surface area contributed by atoms with E-state index in [2.05, 4.69) is 25.7 Å². The van der Waals surface area contributed by atoms with Crippen molar-refractivity contribution >= 4 is 0 Å². The Hall–Kier alpha value is -1.10.